The zero-order chi connectivity index (χ0) is 23.7. The van der Waals surface area contributed by atoms with E-state index in [4.69, 9.17) is 4.74 Å². The number of hydrogen-bond donors (Lipinski definition) is 2. The minimum atomic E-state index is -0.212. The standard InChI is InChI=1S/C24H26N2O3S.C2H6/c1-15-5-7-18(8-6-15)19-10-20(23(27)25-17(3)13-29-4)12-21(11-19)26-24(28)22-9-16(2)14-30-22;1-2/h5-12,14,17H,13H2,1-4H3,(H,25,27)(H,26,28);1-2H3. The van der Waals surface area contributed by atoms with Crippen molar-refractivity contribution in [3.05, 3.63) is 75.5 Å². The maximum atomic E-state index is 12.8. The molecule has 0 aliphatic heterocycles. The van der Waals surface area contributed by atoms with E-state index >= 15 is 0 Å². The van der Waals surface area contributed by atoms with Gasteiger partial charge in [-0.2, -0.15) is 0 Å². The second-order valence-electron chi connectivity index (χ2n) is 7.44. The van der Waals surface area contributed by atoms with Gasteiger partial charge in [0.05, 0.1) is 11.5 Å². The minimum absolute atomic E-state index is 0.127. The monoisotopic (exact) mass is 452 g/mol. The molecule has 0 spiro atoms. The summed E-state index contributed by atoms with van der Waals surface area (Å²) in [7, 11) is 1.60. The van der Waals surface area contributed by atoms with Crippen LogP contribution in [0.5, 0.6) is 0 Å². The summed E-state index contributed by atoms with van der Waals surface area (Å²) in [4.78, 5) is 26.1. The van der Waals surface area contributed by atoms with Crippen molar-refractivity contribution < 1.29 is 14.3 Å². The van der Waals surface area contributed by atoms with Crippen LogP contribution < -0.4 is 10.6 Å². The summed E-state index contributed by atoms with van der Waals surface area (Å²) in [5.74, 6) is -0.399. The fourth-order valence-electron chi connectivity index (χ4n) is 3.09. The lowest BCUT2D eigenvalue weighted by Gasteiger charge is -2.15. The molecule has 3 aromatic rings. The molecule has 170 valence electrons. The molecule has 1 aromatic heterocycles. The summed E-state index contributed by atoms with van der Waals surface area (Å²) in [5, 5.41) is 7.80. The van der Waals surface area contributed by atoms with Crippen LogP contribution in [0.2, 0.25) is 0 Å². The van der Waals surface area contributed by atoms with Crippen LogP contribution in [0.25, 0.3) is 11.1 Å². The largest absolute Gasteiger partial charge is 0.383 e. The highest BCUT2D eigenvalue weighted by Gasteiger charge is 2.15. The molecule has 0 fully saturated rings. The van der Waals surface area contributed by atoms with E-state index in [2.05, 4.69) is 10.6 Å². The van der Waals surface area contributed by atoms with E-state index in [1.807, 2.05) is 82.5 Å². The first-order valence-electron chi connectivity index (χ1n) is 10.7. The number of anilines is 1. The Kier molecular flexibility index (Phi) is 9.62. The number of methoxy groups -OCH3 is 1. The molecule has 5 nitrogen and oxygen atoms in total. The Morgan fingerprint density at radius 2 is 1.62 bits per heavy atom. The highest BCUT2D eigenvalue weighted by atomic mass is 32.1. The van der Waals surface area contributed by atoms with Crippen molar-refractivity contribution >= 4 is 28.8 Å². The van der Waals surface area contributed by atoms with Crippen molar-refractivity contribution in [2.45, 2.75) is 40.7 Å². The van der Waals surface area contributed by atoms with Gasteiger partial charge in [0.25, 0.3) is 11.8 Å². The molecule has 2 amide bonds. The predicted octanol–water partition coefficient (Wildman–Crippen LogP) is 6.08. The Bertz CT molecular complexity index is 1040. The van der Waals surface area contributed by atoms with E-state index in [0.29, 0.717) is 22.7 Å². The van der Waals surface area contributed by atoms with E-state index in [-0.39, 0.29) is 17.9 Å². The Morgan fingerprint density at radius 1 is 0.938 bits per heavy atom. The molecular formula is C26H32N2O3S. The first-order valence-corrected chi connectivity index (χ1v) is 11.6. The van der Waals surface area contributed by atoms with E-state index in [1.165, 1.54) is 11.3 Å². The zero-order valence-electron chi connectivity index (χ0n) is 19.6. The van der Waals surface area contributed by atoms with Gasteiger partial charge < -0.3 is 15.4 Å². The van der Waals surface area contributed by atoms with Gasteiger partial charge in [0, 0.05) is 24.4 Å². The zero-order valence-corrected chi connectivity index (χ0v) is 20.4. The van der Waals surface area contributed by atoms with Gasteiger partial charge in [-0.1, -0.05) is 43.7 Å². The predicted molar refractivity (Wildman–Crippen MR) is 134 cm³/mol. The molecule has 0 saturated carbocycles. The maximum absolute atomic E-state index is 12.8. The molecule has 3 rings (SSSR count). The van der Waals surface area contributed by atoms with E-state index in [1.54, 1.807) is 13.2 Å². The van der Waals surface area contributed by atoms with Crippen LogP contribution in [0.3, 0.4) is 0 Å². The molecule has 0 saturated heterocycles. The second-order valence-corrected chi connectivity index (χ2v) is 8.35. The van der Waals surface area contributed by atoms with Crippen molar-refractivity contribution in [3.63, 3.8) is 0 Å². The van der Waals surface area contributed by atoms with Crippen molar-refractivity contribution in [2.24, 2.45) is 0 Å². The van der Waals surface area contributed by atoms with Crippen LogP contribution in [-0.4, -0.2) is 31.6 Å². The number of benzene rings is 2. The van der Waals surface area contributed by atoms with E-state index in [0.717, 1.165) is 22.3 Å². The number of aryl methyl sites for hydroxylation is 2. The number of amides is 2. The third kappa shape index (κ3) is 7.04. The van der Waals surface area contributed by atoms with Crippen molar-refractivity contribution in [3.8, 4) is 11.1 Å². The lowest BCUT2D eigenvalue weighted by Crippen LogP contribution is -2.35. The Balaban J connectivity index is 0.00000176. The number of hydrogen-bond acceptors (Lipinski definition) is 4. The molecule has 0 radical (unpaired) electrons. The van der Waals surface area contributed by atoms with Gasteiger partial charge in [0.1, 0.15) is 0 Å². The summed E-state index contributed by atoms with van der Waals surface area (Å²) in [5.41, 5.74) is 5.10. The Hall–Kier alpha value is -2.96. The van der Waals surface area contributed by atoms with Gasteiger partial charge >= 0.3 is 0 Å². The van der Waals surface area contributed by atoms with Crippen LogP contribution in [0, 0.1) is 13.8 Å². The number of ether oxygens (including phenoxy) is 1. The van der Waals surface area contributed by atoms with Crippen LogP contribution >= 0.6 is 11.3 Å². The normalized spacial score (nSPS) is 11.2. The summed E-state index contributed by atoms with van der Waals surface area (Å²) in [6, 6.07) is 15.2. The lowest BCUT2D eigenvalue weighted by atomic mass is 10.0. The molecule has 2 aromatic carbocycles. The number of rotatable bonds is 7. The number of carbonyl (C=O) groups is 2. The fraction of sp³-hybridized carbons (Fsp3) is 0.308. The maximum Gasteiger partial charge on any atom is 0.265 e. The van der Waals surface area contributed by atoms with Gasteiger partial charge in [-0.25, -0.2) is 0 Å². The van der Waals surface area contributed by atoms with E-state index < -0.39 is 0 Å². The topological polar surface area (TPSA) is 67.4 Å². The third-order valence-electron chi connectivity index (χ3n) is 4.59. The van der Waals surface area contributed by atoms with Gasteiger partial charge in [0.2, 0.25) is 0 Å². The molecular weight excluding hydrogens is 420 g/mol. The molecule has 0 aliphatic carbocycles. The quantitative estimate of drug-likeness (QED) is 0.457. The summed E-state index contributed by atoms with van der Waals surface area (Å²) < 4.78 is 5.10. The molecule has 0 aliphatic rings. The number of thiophene rings is 1. The van der Waals surface area contributed by atoms with Gasteiger partial charge in [-0.15, -0.1) is 11.3 Å². The molecule has 6 heteroatoms. The van der Waals surface area contributed by atoms with Crippen LogP contribution in [-0.2, 0) is 4.74 Å². The summed E-state index contributed by atoms with van der Waals surface area (Å²) in [6.45, 7) is 10.3. The van der Waals surface area contributed by atoms with Gasteiger partial charge in [-0.05, 0) is 67.1 Å². The minimum Gasteiger partial charge on any atom is -0.383 e. The van der Waals surface area contributed by atoms with E-state index in [9.17, 15) is 9.59 Å². The Morgan fingerprint density at radius 3 is 2.22 bits per heavy atom. The molecule has 32 heavy (non-hydrogen) atoms. The van der Waals surface area contributed by atoms with Gasteiger partial charge in [0.15, 0.2) is 0 Å². The van der Waals surface area contributed by atoms with Gasteiger partial charge in [-0.3, -0.25) is 9.59 Å². The van der Waals surface area contributed by atoms with Crippen LogP contribution in [0.15, 0.2) is 53.9 Å². The van der Waals surface area contributed by atoms with Crippen LogP contribution in [0.1, 0.15) is 51.9 Å². The number of nitrogens with one attached hydrogen (secondary N) is 2. The summed E-state index contributed by atoms with van der Waals surface area (Å²) in [6.07, 6.45) is 0. The Labute approximate surface area is 194 Å². The molecule has 1 unspecified atom stereocenters. The van der Waals surface area contributed by atoms with Crippen molar-refractivity contribution in [1.82, 2.24) is 5.32 Å². The first-order chi connectivity index (χ1) is 15.4. The molecule has 2 N–H and O–H groups in total. The van der Waals surface area contributed by atoms with Crippen molar-refractivity contribution in [1.29, 1.82) is 0 Å². The third-order valence-corrected chi connectivity index (χ3v) is 5.63. The number of carbonyl (C=O) groups excluding carboxylic acids is 2. The highest BCUT2D eigenvalue weighted by molar-refractivity contribution is 7.12. The second kappa shape index (κ2) is 12.2. The highest BCUT2D eigenvalue weighted by Crippen LogP contribution is 2.26. The summed E-state index contributed by atoms with van der Waals surface area (Å²) >= 11 is 1.40. The molecule has 0 bridgehead atoms. The lowest BCUT2D eigenvalue weighted by molar-refractivity contribution is 0.0905. The fourth-order valence-corrected chi connectivity index (χ4v) is 3.88. The first kappa shape index (κ1) is 25.3. The average Bonchev–Trinajstić information content (AvgIpc) is 3.22. The SMILES string of the molecule is CC.COCC(C)NC(=O)c1cc(NC(=O)c2cc(C)cs2)cc(-c2ccc(C)cc2)c1. The van der Waals surface area contributed by atoms with Crippen molar-refractivity contribution in [2.75, 3.05) is 19.0 Å². The smallest absolute Gasteiger partial charge is 0.265 e. The average molecular weight is 453 g/mol. The molecule has 1 heterocycles. The van der Waals surface area contributed by atoms with Crippen LogP contribution in [0.4, 0.5) is 5.69 Å². The molecule has 1 atom stereocenters.